The van der Waals surface area contributed by atoms with E-state index in [1.54, 1.807) is 24.3 Å². The maximum Gasteiger partial charge on any atom is 0.261 e. The maximum absolute atomic E-state index is 13.8. The van der Waals surface area contributed by atoms with E-state index in [4.69, 9.17) is 0 Å². The van der Waals surface area contributed by atoms with Gasteiger partial charge in [-0.3, -0.25) is 14.3 Å². The van der Waals surface area contributed by atoms with Gasteiger partial charge in [-0.15, -0.1) is 0 Å². The SMILES string of the molecule is O=C(Nc1ccc(C(=O)N2CCCCCC2)cc1)c1ccc(S(=O)(=O)Nc2ccccc2F)cc1. The maximum atomic E-state index is 13.8. The van der Waals surface area contributed by atoms with Crippen molar-refractivity contribution in [1.82, 2.24) is 4.90 Å². The van der Waals surface area contributed by atoms with E-state index in [1.165, 1.54) is 42.5 Å². The van der Waals surface area contributed by atoms with Gasteiger partial charge < -0.3 is 10.2 Å². The van der Waals surface area contributed by atoms with Crippen LogP contribution >= 0.6 is 0 Å². The minimum absolute atomic E-state index is 0.00873. The molecule has 1 heterocycles. The summed E-state index contributed by atoms with van der Waals surface area (Å²) in [6.45, 7) is 1.53. The molecule has 1 saturated heterocycles. The third kappa shape index (κ3) is 6.05. The summed E-state index contributed by atoms with van der Waals surface area (Å²) < 4.78 is 41.1. The molecule has 3 aromatic rings. The normalized spacial score (nSPS) is 14.1. The van der Waals surface area contributed by atoms with E-state index in [2.05, 4.69) is 10.0 Å². The number of rotatable bonds is 6. The fraction of sp³-hybridized carbons (Fsp3) is 0.231. The molecule has 4 rings (SSSR count). The van der Waals surface area contributed by atoms with Gasteiger partial charge >= 0.3 is 0 Å². The van der Waals surface area contributed by atoms with E-state index in [9.17, 15) is 22.4 Å². The molecule has 0 bridgehead atoms. The van der Waals surface area contributed by atoms with E-state index in [-0.39, 0.29) is 22.1 Å². The molecule has 2 amide bonds. The van der Waals surface area contributed by atoms with Gasteiger partial charge in [0.15, 0.2) is 0 Å². The lowest BCUT2D eigenvalue weighted by Gasteiger charge is -2.20. The van der Waals surface area contributed by atoms with E-state index in [0.717, 1.165) is 44.8 Å². The molecule has 9 heteroatoms. The predicted octanol–water partition coefficient (Wildman–Crippen LogP) is 4.90. The zero-order valence-electron chi connectivity index (χ0n) is 19.0. The second-order valence-corrected chi connectivity index (χ2v) is 10.0. The first-order valence-corrected chi connectivity index (χ1v) is 12.9. The highest BCUT2D eigenvalue weighted by molar-refractivity contribution is 7.92. The monoisotopic (exact) mass is 495 g/mol. The molecule has 1 aliphatic heterocycles. The Morgan fingerprint density at radius 2 is 1.37 bits per heavy atom. The Morgan fingerprint density at radius 1 is 0.771 bits per heavy atom. The molecule has 2 N–H and O–H groups in total. The lowest BCUT2D eigenvalue weighted by molar-refractivity contribution is 0.0761. The summed E-state index contributed by atoms with van der Waals surface area (Å²) in [5.74, 6) is -1.13. The fourth-order valence-electron chi connectivity index (χ4n) is 3.89. The van der Waals surface area contributed by atoms with Gasteiger partial charge in [-0.05, 0) is 73.5 Å². The zero-order valence-corrected chi connectivity index (χ0v) is 19.9. The Bertz CT molecular complexity index is 1300. The summed E-state index contributed by atoms with van der Waals surface area (Å²) in [5, 5.41) is 2.74. The lowest BCUT2D eigenvalue weighted by atomic mass is 10.1. The predicted molar refractivity (Wildman–Crippen MR) is 132 cm³/mol. The molecule has 0 spiro atoms. The number of halogens is 1. The van der Waals surface area contributed by atoms with Crippen molar-refractivity contribution in [2.24, 2.45) is 0 Å². The molecule has 1 aliphatic rings. The molecule has 35 heavy (non-hydrogen) atoms. The van der Waals surface area contributed by atoms with Gasteiger partial charge in [0, 0.05) is 29.9 Å². The van der Waals surface area contributed by atoms with Crippen LogP contribution < -0.4 is 10.0 Å². The van der Waals surface area contributed by atoms with Crippen LogP contribution in [0.4, 0.5) is 15.8 Å². The van der Waals surface area contributed by atoms with E-state index >= 15 is 0 Å². The van der Waals surface area contributed by atoms with Crippen LogP contribution in [-0.4, -0.2) is 38.2 Å². The number of nitrogens with one attached hydrogen (secondary N) is 2. The highest BCUT2D eigenvalue weighted by atomic mass is 32.2. The van der Waals surface area contributed by atoms with E-state index < -0.39 is 21.7 Å². The summed E-state index contributed by atoms with van der Waals surface area (Å²) >= 11 is 0. The number of carbonyl (C=O) groups excluding carboxylic acids is 2. The largest absolute Gasteiger partial charge is 0.339 e. The molecule has 1 fully saturated rings. The van der Waals surface area contributed by atoms with Crippen LogP contribution in [0, 0.1) is 5.82 Å². The topological polar surface area (TPSA) is 95.6 Å². The minimum atomic E-state index is -4.02. The second-order valence-electron chi connectivity index (χ2n) is 8.35. The Balaban J connectivity index is 1.39. The van der Waals surface area contributed by atoms with Crippen molar-refractivity contribution < 1.29 is 22.4 Å². The van der Waals surface area contributed by atoms with Gasteiger partial charge in [-0.25, -0.2) is 12.8 Å². The summed E-state index contributed by atoms with van der Waals surface area (Å²) in [4.78, 5) is 27.1. The van der Waals surface area contributed by atoms with E-state index in [0.29, 0.717) is 11.3 Å². The number of likely N-dealkylation sites (tertiary alicyclic amines) is 1. The van der Waals surface area contributed by atoms with Gasteiger partial charge in [0.2, 0.25) is 0 Å². The van der Waals surface area contributed by atoms with Gasteiger partial charge in [-0.1, -0.05) is 25.0 Å². The standard InChI is InChI=1S/C26H26FN3O4S/c27-23-7-3-4-8-24(23)29-35(33,34)22-15-11-19(12-16-22)25(31)28-21-13-9-20(10-14-21)26(32)30-17-5-1-2-6-18-30/h3-4,7-16,29H,1-2,5-6,17-18H2,(H,28,31). The number of carbonyl (C=O) groups is 2. The zero-order chi connectivity index (χ0) is 24.8. The van der Waals surface area contributed by atoms with Crippen LogP contribution in [-0.2, 0) is 10.0 Å². The molecule has 182 valence electrons. The average Bonchev–Trinajstić information content (AvgIpc) is 3.15. The number of nitrogens with zero attached hydrogens (tertiary/aromatic N) is 1. The molecule has 3 aromatic carbocycles. The number of anilines is 2. The summed E-state index contributed by atoms with van der Waals surface area (Å²) in [5.41, 5.74) is 1.17. The van der Waals surface area contributed by atoms with Crippen molar-refractivity contribution >= 4 is 33.2 Å². The molecule has 0 aromatic heterocycles. The summed E-state index contributed by atoms with van der Waals surface area (Å²) in [6.07, 6.45) is 4.31. The van der Waals surface area contributed by atoms with Crippen molar-refractivity contribution in [2.45, 2.75) is 30.6 Å². The Kier molecular flexibility index (Phi) is 7.45. The molecule has 7 nitrogen and oxygen atoms in total. The summed E-state index contributed by atoms with van der Waals surface area (Å²) in [6, 6.07) is 17.5. The molecule has 0 unspecified atom stereocenters. The number of sulfonamides is 1. The highest BCUT2D eigenvalue weighted by Crippen LogP contribution is 2.20. The van der Waals surface area contributed by atoms with Gasteiger partial charge in [-0.2, -0.15) is 0 Å². The van der Waals surface area contributed by atoms with Crippen molar-refractivity contribution in [3.63, 3.8) is 0 Å². The number of amides is 2. The Hall–Kier alpha value is -3.72. The van der Waals surface area contributed by atoms with Crippen LogP contribution in [0.1, 0.15) is 46.4 Å². The number of benzene rings is 3. The smallest absolute Gasteiger partial charge is 0.261 e. The molecular weight excluding hydrogens is 469 g/mol. The average molecular weight is 496 g/mol. The summed E-state index contributed by atoms with van der Waals surface area (Å²) in [7, 11) is -4.02. The molecule has 0 radical (unpaired) electrons. The van der Waals surface area contributed by atoms with Crippen molar-refractivity contribution in [1.29, 1.82) is 0 Å². The van der Waals surface area contributed by atoms with Crippen LogP contribution in [0.3, 0.4) is 0 Å². The van der Waals surface area contributed by atoms with Crippen LogP contribution in [0.2, 0.25) is 0 Å². The minimum Gasteiger partial charge on any atom is -0.339 e. The quantitative estimate of drug-likeness (QED) is 0.509. The number of para-hydroxylation sites is 1. The lowest BCUT2D eigenvalue weighted by Crippen LogP contribution is -2.31. The highest BCUT2D eigenvalue weighted by Gasteiger charge is 2.19. The van der Waals surface area contributed by atoms with Crippen LogP contribution in [0.15, 0.2) is 77.7 Å². The Morgan fingerprint density at radius 3 is 2.00 bits per heavy atom. The van der Waals surface area contributed by atoms with Gasteiger partial charge in [0.05, 0.1) is 10.6 Å². The first-order valence-electron chi connectivity index (χ1n) is 11.4. The van der Waals surface area contributed by atoms with Gasteiger partial charge in [0.25, 0.3) is 21.8 Å². The third-order valence-corrected chi connectivity index (χ3v) is 7.21. The van der Waals surface area contributed by atoms with Crippen molar-refractivity contribution in [3.05, 3.63) is 89.7 Å². The third-order valence-electron chi connectivity index (χ3n) is 5.83. The molecular formula is C26H26FN3O4S. The fourth-order valence-corrected chi connectivity index (χ4v) is 4.96. The second kappa shape index (κ2) is 10.7. The molecule has 0 atom stereocenters. The number of hydrogen-bond donors (Lipinski definition) is 2. The Labute approximate surface area is 204 Å². The first-order chi connectivity index (χ1) is 16.8. The molecule has 0 aliphatic carbocycles. The molecule has 0 saturated carbocycles. The van der Waals surface area contributed by atoms with Crippen LogP contribution in [0.5, 0.6) is 0 Å². The van der Waals surface area contributed by atoms with Crippen molar-refractivity contribution in [3.8, 4) is 0 Å². The van der Waals surface area contributed by atoms with Crippen LogP contribution in [0.25, 0.3) is 0 Å². The first kappa shape index (κ1) is 24.4. The van der Waals surface area contributed by atoms with Gasteiger partial charge in [0.1, 0.15) is 5.82 Å². The van der Waals surface area contributed by atoms with Crippen molar-refractivity contribution in [2.75, 3.05) is 23.1 Å². The number of hydrogen-bond acceptors (Lipinski definition) is 4. The van der Waals surface area contributed by atoms with E-state index in [1.807, 2.05) is 4.90 Å².